The quantitative estimate of drug-likeness (QED) is 0.846. The maximum absolute atomic E-state index is 12.8. The van der Waals surface area contributed by atoms with Crippen LogP contribution in [0, 0.1) is 13.8 Å². The van der Waals surface area contributed by atoms with Crippen LogP contribution in [0.15, 0.2) is 30.6 Å². The standard InChI is InChI=1S/C19H24N4O3S/c1-4-23(16-7-8-27(25,26)12-16)18(24)15-10-20-19(21-11-15)22-17-6-5-13(2)9-14(17)3/h5-6,9-11,16H,4,7-8,12H2,1-3H3,(H,20,21,22). The summed E-state index contributed by atoms with van der Waals surface area (Å²) in [5.41, 5.74) is 3.52. The maximum atomic E-state index is 12.8. The molecule has 1 aliphatic heterocycles. The highest BCUT2D eigenvalue weighted by Crippen LogP contribution is 2.21. The highest BCUT2D eigenvalue weighted by molar-refractivity contribution is 7.91. The molecule has 144 valence electrons. The van der Waals surface area contributed by atoms with Crippen LogP contribution >= 0.6 is 0 Å². The number of nitrogens with zero attached hydrogens (tertiary/aromatic N) is 3. The molecule has 3 rings (SSSR count). The van der Waals surface area contributed by atoms with Crippen LogP contribution in [-0.2, 0) is 9.84 Å². The van der Waals surface area contributed by atoms with Gasteiger partial charge in [-0.1, -0.05) is 17.7 Å². The average molecular weight is 388 g/mol. The Balaban J connectivity index is 1.73. The second kappa shape index (κ2) is 7.64. The van der Waals surface area contributed by atoms with Crippen molar-refractivity contribution in [3.8, 4) is 0 Å². The fourth-order valence-corrected chi connectivity index (χ4v) is 5.06. The number of carbonyl (C=O) groups is 1. The van der Waals surface area contributed by atoms with E-state index in [1.54, 1.807) is 4.90 Å². The van der Waals surface area contributed by atoms with Gasteiger partial charge in [0, 0.05) is 30.7 Å². The number of anilines is 2. The number of rotatable bonds is 5. The van der Waals surface area contributed by atoms with Gasteiger partial charge in [-0.15, -0.1) is 0 Å². The number of sulfone groups is 1. The maximum Gasteiger partial charge on any atom is 0.257 e. The smallest absolute Gasteiger partial charge is 0.257 e. The minimum atomic E-state index is -3.05. The van der Waals surface area contributed by atoms with E-state index in [4.69, 9.17) is 0 Å². The highest BCUT2D eigenvalue weighted by Gasteiger charge is 2.34. The predicted octanol–water partition coefficient (Wildman–Crippen LogP) is 2.49. The predicted molar refractivity (Wildman–Crippen MR) is 105 cm³/mol. The number of aromatic nitrogens is 2. The first-order chi connectivity index (χ1) is 12.8. The SMILES string of the molecule is CCN(C(=O)c1cnc(Nc2ccc(C)cc2C)nc1)C1CCS(=O)(=O)C1. The first kappa shape index (κ1) is 19.3. The first-order valence-electron chi connectivity index (χ1n) is 8.97. The normalized spacial score (nSPS) is 18.3. The Kier molecular flexibility index (Phi) is 5.46. The van der Waals surface area contributed by atoms with E-state index >= 15 is 0 Å². The van der Waals surface area contributed by atoms with E-state index in [1.807, 2.05) is 32.9 Å². The Hall–Kier alpha value is -2.48. The minimum absolute atomic E-state index is 0.0276. The third kappa shape index (κ3) is 4.44. The van der Waals surface area contributed by atoms with Crippen LogP contribution < -0.4 is 5.32 Å². The zero-order chi connectivity index (χ0) is 19.6. The van der Waals surface area contributed by atoms with Crippen molar-refractivity contribution in [2.24, 2.45) is 0 Å². The van der Waals surface area contributed by atoms with Gasteiger partial charge in [-0.2, -0.15) is 0 Å². The lowest BCUT2D eigenvalue weighted by atomic mass is 10.1. The summed E-state index contributed by atoms with van der Waals surface area (Å²) in [6.45, 7) is 6.33. The van der Waals surface area contributed by atoms with Gasteiger partial charge in [0.1, 0.15) is 0 Å². The van der Waals surface area contributed by atoms with Crippen molar-refractivity contribution in [2.45, 2.75) is 33.2 Å². The molecule has 0 aliphatic carbocycles. The van der Waals surface area contributed by atoms with Crippen LogP contribution in [0.1, 0.15) is 34.8 Å². The Morgan fingerprint density at radius 1 is 1.26 bits per heavy atom. The summed E-state index contributed by atoms with van der Waals surface area (Å²) in [5.74, 6) is 0.332. The molecule has 1 aliphatic rings. The number of amides is 1. The average Bonchev–Trinajstić information content (AvgIpc) is 2.98. The lowest BCUT2D eigenvalue weighted by Gasteiger charge is -2.26. The molecule has 1 aromatic heterocycles. The van der Waals surface area contributed by atoms with Gasteiger partial charge in [-0.25, -0.2) is 18.4 Å². The van der Waals surface area contributed by atoms with Crippen LogP contribution in [0.5, 0.6) is 0 Å². The largest absolute Gasteiger partial charge is 0.335 e. The highest BCUT2D eigenvalue weighted by atomic mass is 32.2. The number of hydrogen-bond donors (Lipinski definition) is 1. The van der Waals surface area contributed by atoms with Crippen molar-refractivity contribution >= 4 is 27.4 Å². The molecule has 2 aromatic rings. The van der Waals surface area contributed by atoms with Gasteiger partial charge in [0.25, 0.3) is 5.91 Å². The van der Waals surface area contributed by atoms with Gasteiger partial charge in [-0.3, -0.25) is 4.79 Å². The summed E-state index contributed by atoms with van der Waals surface area (Å²) in [5, 5.41) is 3.15. The van der Waals surface area contributed by atoms with Gasteiger partial charge in [0.2, 0.25) is 5.95 Å². The lowest BCUT2D eigenvalue weighted by Crippen LogP contribution is -2.41. The molecule has 1 aromatic carbocycles. The molecule has 2 heterocycles. The van der Waals surface area contributed by atoms with E-state index in [-0.39, 0.29) is 23.5 Å². The Labute approximate surface area is 159 Å². The van der Waals surface area contributed by atoms with E-state index in [2.05, 4.69) is 21.4 Å². The van der Waals surface area contributed by atoms with Crippen molar-refractivity contribution < 1.29 is 13.2 Å². The van der Waals surface area contributed by atoms with Crippen LogP contribution in [-0.4, -0.2) is 53.3 Å². The number of benzene rings is 1. The molecule has 27 heavy (non-hydrogen) atoms. The number of nitrogens with one attached hydrogen (secondary N) is 1. The van der Waals surface area contributed by atoms with Crippen molar-refractivity contribution in [1.82, 2.24) is 14.9 Å². The van der Waals surface area contributed by atoms with Gasteiger partial charge in [-0.05, 0) is 38.8 Å². The molecule has 0 radical (unpaired) electrons. The molecule has 8 heteroatoms. The molecule has 1 unspecified atom stereocenters. The Bertz CT molecular complexity index is 942. The summed E-state index contributed by atoms with van der Waals surface area (Å²) in [7, 11) is -3.05. The summed E-state index contributed by atoms with van der Waals surface area (Å²) in [6, 6.07) is 5.75. The molecule has 1 amide bonds. The summed E-state index contributed by atoms with van der Waals surface area (Å²) in [4.78, 5) is 22.8. The van der Waals surface area contributed by atoms with Crippen LogP contribution in [0.25, 0.3) is 0 Å². The molecule has 1 saturated heterocycles. The molecule has 1 atom stereocenters. The molecule has 1 N–H and O–H groups in total. The van der Waals surface area contributed by atoms with Crippen molar-refractivity contribution in [2.75, 3.05) is 23.4 Å². The lowest BCUT2D eigenvalue weighted by molar-refractivity contribution is 0.0707. The Morgan fingerprint density at radius 3 is 2.52 bits per heavy atom. The van der Waals surface area contributed by atoms with Crippen molar-refractivity contribution in [3.63, 3.8) is 0 Å². The number of carbonyl (C=O) groups excluding carboxylic acids is 1. The number of hydrogen-bond acceptors (Lipinski definition) is 6. The molecule has 7 nitrogen and oxygen atoms in total. The van der Waals surface area contributed by atoms with E-state index in [9.17, 15) is 13.2 Å². The van der Waals surface area contributed by atoms with Crippen molar-refractivity contribution in [3.05, 3.63) is 47.3 Å². The fourth-order valence-electron chi connectivity index (χ4n) is 3.33. The molecular weight excluding hydrogens is 364 g/mol. The van der Waals surface area contributed by atoms with Gasteiger partial charge >= 0.3 is 0 Å². The minimum Gasteiger partial charge on any atom is -0.335 e. The monoisotopic (exact) mass is 388 g/mol. The summed E-state index contributed by atoms with van der Waals surface area (Å²) in [6.07, 6.45) is 3.44. The molecule has 1 fully saturated rings. The van der Waals surface area contributed by atoms with Crippen molar-refractivity contribution in [1.29, 1.82) is 0 Å². The summed E-state index contributed by atoms with van der Waals surface area (Å²) < 4.78 is 23.4. The van der Waals surface area contributed by atoms with Crippen LogP contribution in [0.3, 0.4) is 0 Å². The van der Waals surface area contributed by atoms with Gasteiger partial charge in [0.15, 0.2) is 9.84 Å². The second-order valence-corrected chi connectivity index (χ2v) is 9.12. The zero-order valence-corrected chi connectivity index (χ0v) is 16.6. The number of aryl methyl sites for hydroxylation is 2. The van der Waals surface area contributed by atoms with Crippen LogP contribution in [0.2, 0.25) is 0 Å². The molecular formula is C19H24N4O3S. The summed E-state index contributed by atoms with van der Waals surface area (Å²) >= 11 is 0. The second-order valence-electron chi connectivity index (χ2n) is 6.89. The zero-order valence-electron chi connectivity index (χ0n) is 15.8. The van der Waals surface area contributed by atoms with Crippen LogP contribution in [0.4, 0.5) is 11.6 Å². The first-order valence-corrected chi connectivity index (χ1v) is 10.8. The van der Waals surface area contributed by atoms with Gasteiger partial charge < -0.3 is 10.2 Å². The van der Waals surface area contributed by atoms with E-state index in [1.165, 1.54) is 18.0 Å². The van der Waals surface area contributed by atoms with E-state index in [0.29, 0.717) is 24.5 Å². The fraction of sp³-hybridized carbons (Fsp3) is 0.421. The van der Waals surface area contributed by atoms with Gasteiger partial charge in [0.05, 0.1) is 17.1 Å². The third-order valence-electron chi connectivity index (χ3n) is 4.78. The topological polar surface area (TPSA) is 92.3 Å². The molecule has 0 saturated carbocycles. The Morgan fingerprint density at radius 2 is 1.96 bits per heavy atom. The van der Waals surface area contributed by atoms with E-state index < -0.39 is 9.84 Å². The molecule has 0 bridgehead atoms. The van der Waals surface area contributed by atoms with E-state index in [0.717, 1.165) is 11.3 Å². The molecule has 0 spiro atoms. The third-order valence-corrected chi connectivity index (χ3v) is 6.53.